The molecule has 0 aliphatic carbocycles. The van der Waals surface area contributed by atoms with E-state index in [0.717, 1.165) is 36.4 Å². The van der Waals surface area contributed by atoms with E-state index in [9.17, 15) is 4.39 Å². The second kappa shape index (κ2) is 5.13. The molecule has 1 atom stereocenters. The van der Waals surface area contributed by atoms with E-state index in [1.807, 2.05) is 25.1 Å². The minimum atomic E-state index is -0.137. The van der Waals surface area contributed by atoms with Crippen LogP contribution in [0.4, 0.5) is 4.39 Å². The summed E-state index contributed by atoms with van der Waals surface area (Å²) in [4.78, 5) is 2.26. The molecule has 3 rings (SSSR count). The highest BCUT2D eigenvalue weighted by Crippen LogP contribution is 2.33. The van der Waals surface area contributed by atoms with E-state index >= 15 is 0 Å². The highest BCUT2D eigenvalue weighted by Gasteiger charge is 2.29. The zero-order valence-corrected chi connectivity index (χ0v) is 11.0. The normalized spacial score (nSPS) is 20.0. The number of rotatable bonds is 3. The van der Waals surface area contributed by atoms with Gasteiger partial charge in [0.25, 0.3) is 0 Å². The summed E-state index contributed by atoms with van der Waals surface area (Å²) >= 11 is 0. The molecule has 1 fully saturated rings. The highest BCUT2D eigenvalue weighted by molar-refractivity contribution is 5.18. The van der Waals surface area contributed by atoms with Crippen molar-refractivity contribution in [1.82, 2.24) is 10.1 Å². The first kappa shape index (κ1) is 12.4. The minimum Gasteiger partial charge on any atom is -0.359 e. The number of likely N-dealkylation sites (tertiary alicyclic amines) is 1. The Morgan fingerprint density at radius 3 is 3.00 bits per heavy atom. The third-order valence-corrected chi connectivity index (χ3v) is 3.67. The summed E-state index contributed by atoms with van der Waals surface area (Å²) in [7, 11) is 0. The average Bonchev–Trinajstić information content (AvgIpc) is 3.01. The number of hydrogen-bond acceptors (Lipinski definition) is 3. The Kier molecular flexibility index (Phi) is 3.34. The molecule has 0 bridgehead atoms. The summed E-state index contributed by atoms with van der Waals surface area (Å²) in [6.45, 7) is 3.51. The van der Waals surface area contributed by atoms with Crippen LogP contribution in [-0.4, -0.2) is 16.6 Å². The first-order valence-electron chi connectivity index (χ1n) is 6.65. The molecule has 0 spiro atoms. The van der Waals surface area contributed by atoms with Crippen LogP contribution in [0.2, 0.25) is 0 Å². The summed E-state index contributed by atoms with van der Waals surface area (Å²) in [6.07, 6.45) is 2.15. The topological polar surface area (TPSA) is 29.3 Å². The Bertz CT molecular complexity index is 567. The van der Waals surface area contributed by atoms with E-state index < -0.39 is 0 Å². The van der Waals surface area contributed by atoms with Gasteiger partial charge < -0.3 is 4.52 Å². The van der Waals surface area contributed by atoms with Crippen molar-refractivity contribution in [3.63, 3.8) is 0 Å². The Labute approximate surface area is 112 Å². The first-order valence-corrected chi connectivity index (χ1v) is 6.65. The fraction of sp³-hybridized carbons (Fsp3) is 0.400. The van der Waals surface area contributed by atoms with Crippen molar-refractivity contribution in [2.45, 2.75) is 32.4 Å². The standard InChI is InChI=1S/C15H17FN2O/c1-11-9-15(19-17-11)14-7-4-8-18(14)10-12-5-2-3-6-13(12)16/h2-3,5-6,9,14H,4,7-8,10H2,1H3/t14-/m0/s1. The van der Waals surface area contributed by atoms with Crippen LogP contribution in [0.1, 0.15) is 35.9 Å². The van der Waals surface area contributed by atoms with Gasteiger partial charge in [0, 0.05) is 18.2 Å². The predicted octanol–water partition coefficient (Wildman–Crippen LogP) is 3.46. The van der Waals surface area contributed by atoms with Crippen molar-refractivity contribution >= 4 is 0 Å². The molecule has 0 N–H and O–H groups in total. The molecular formula is C15H17FN2O. The van der Waals surface area contributed by atoms with E-state index in [1.165, 1.54) is 6.07 Å². The number of aryl methyl sites for hydroxylation is 1. The van der Waals surface area contributed by atoms with Crippen molar-refractivity contribution in [2.24, 2.45) is 0 Å². The van der Waals surface area contributed by atoms with Crippen molar-refractivity contribution in [1.29, 1.82) is 0 Å². The van der Waals surface area contributed by atoms with Gasteiger partial charge in [-0.1, -0.05) is 23.4 Å². The zero-order chi connectivity index (χ0) is 13.2. The predicted molar refractivity (Wildman–Crippen MR) is 70.0 cm³/mol. The summed E-state index contributed by atoms with van der Waals surface area (Å²) < 4.78 is 19.1. The van der Waals surface area contributed by atoms with Crippen LogP contribution in [-0.2, 0) is 6.54 Å². The summed E-state index contributed by atoms with van der Waals surface area (Å²) in [5, 5.41) is 3.94. The molecule has 2 heterocycles. The second-order valence-corrected chi connectivity index (χ2v) is 5.09. The molecule has 3 nitrogen and oxygen atoms in total. The van der Waals surface area contributed by atoms with E-state index in [0.29, 0.717) is 6.54 Å². The number of nitrogens with zero attached hydrogens (tertiary/aromatic N) is 2. The smallest absolute Gasteiger partial charge is 0.154 e. The van der Waals surface area contributed by atoms with Gasteiger partial charge in [-0.15, -0.1) is 0 Å². The molecule has 1 aliphatic heterocycles. The first-order chi connectivity index (χ1) is 9.24. The number of hydrogen-bond donors (Lipinski definition) is 0. The summed E-state index contributed by atoms with van der Waals surface area (Å²) in [6, 6.07) is 9.16. The van der Waals surface area contributed by atoms with E-state index in [2.05, 4.69) is 10.1 Å². The molecule has 2 aromatic rings. The molecule has 1 saturated heterocycles. The van der Waals surface area contributed by atoms with Gasteiger partial charge in [0.05, 0.1) is 11.7 Å². The quantitative estimate of drug-likeness (QED) is 0.846. The molecule has 100 valence electrons. The lowest BCUT2D eigenvalue weighted by molar-refractivity contribution is 0.204. The minimum absolute atomic E-state index is 0.137. The van der Waals surface area contributed by atoms with Crippen LogP contribution in [0.5, 0.6) is 0 Å². The average molecular weight is 260 g/mol. The molecule has 0 saturated carbocycles. The fourth-order valence-corrected chi connectivity index (χ4v) is 2.72. The van der Waals surface area contributed by atoms with Crippen LogP contribution >= 0.6 is 0 Å². The summed E-state index contributed by atoms with van der Waals surface area (Å²) in [5.41, 5.74) is 1.64. The van der Waals surface area contributed by atoms with Crippen LogP contribution in [0.25, 0.3) is 0 Å². The molecule has 19 heavy (non-hydrogen) atoms. The van der Waals surface area contributed by atoms with Crippen LogP contribution in [0, 0.1) is 12.7 Å². The SMILES string of the molecule is Cc1cc([C@@H]2CCCN2Cc2ccccc2F)on1. The van der Waals surface area contributed by atoms with Gasteiger partial charge in [-0.3, -0.25) is 4.90 Å². The van der Waals surface area contributed by atoms with Crippen molar-refractivity contribution < 1.29 is 8.91 Å². The molecule has 4 heteroatoms. The van der Waals surface area contributed by atoms with Crippen molar-refractivity contribution in [2.75, 3.05) is 6.54 Å². The van der Waals surface area contributed by atoms with Gasteiger partial charge in [-0.05, 0) is 32.4 Å². The van der Waals surface area contributed by atoms with Gasteiger partial charge in [-0.2, -0.15) is 0 Å². The lowest BCUT2D eigenvalue weighted by atomic mass is 10.1. The van der Waals surface area contributed by atoms with Crippen molar-refractivity contribution in [3.8, 4) is 0 Å². The van der Waals surface area contributed by atoms with E-state index in [1.54, 1.807) is 6.07 Å². The maximum atomic E-state index is 13.7. The third kappa shape index (κ3) is 2.54. The van der Waals surface area contributed by atoms with Gasteiger partial charge in [-0.25, -0.2) is 4.39 Å². The van der Waals surface area contributed by atoms with E-state index in [4.69, 9.17) is 4.52 Å². The number of aromatic nitrogens is 1. The Morgan fingerprint density at radius 1 is 1.42 bits per heavy atom. The Balaban J connectivity index is 1.79. The Morgan fingerprint density at radius 2 is 2.26 bits per heavy atom. The molecule has 0 unspecified atom stereocenters. The summed E-state index contributed by atoms with van der Waals surface area (Å²) in [5.74, 6) is 0.758. The maximum Gasteiger partial charge on any atom is 0.154 e. The number of halogens is 1. The Hall–Kier alpha value is -1.68. The zero-order valence-electron chi connectivity index (χ0n) is 11.0. The fourth-order valence-electron chi connectivity index (χ4n) is 2.72. The molecule has 0 amide bonds. The van der Waals surface area contributed by atoms with E-state index in [-0.39, 0.29) is 11.9 Å². The van der Waals surface area contributed by atoms with Gasteiger partial charge in [0.15, 0.2) is 5.76 Å². The highest BCUT2D eigenvalue weighted by atomic mass is 19.1. The van der Waals surface area contributed by atoms with Crippen molar-refractivity contribution in [3.05, 3.63) is 53.2 Å². The maximum absolute atomic E-state index is 13.7. The molecule has 1 aromatic carbocycles. The molecule has 0 radical (unpaired) electrons. The lowest BCUT2D eigenvalue weighted by Gasteiger charge is -2.22. The molecule has 1 aliphatic rings. The van der Waals surface area contributed by atoms with Gasteiger partial charge in [0.2, 0.25) is 0 Å². The monoisotopic (exact) mass is 260 g/mol. The van der Waals surface area contributed by atoms with Gasteiger partial charge in [0.1, 0.15) is 5.82 Å². The van der Waals surface area contributed by atoms with Gasteiger partial charge >= 0.3 is 0 Å². The van der Waals surface area contributed by atoms with Crippen LogP contribution in [0.3, 0.4) is 0 Å². The third-order valence-electron chi connectivity index (χ3n) is 3.67. The molecular weight excluding hydrogens is 243 g/mol. The lowest BCUT2D eigenvalue weighted by Crippen LogP contribution is -2.23. The number of benzene rings is 1. The second-order valence-electron chi connectivity index (χ2n) is 5.09. The van der Waals surface area contributed by atoms with Crippen LogP contribution in [0.15, 0.2) is 34.9 Å². The van der Waals surface area contributed by atoms with Crippen LogP contribution < -0.4 is 0 Å². The largest absolute Gasteiger partial charge is 0.359 e. The molecule has 1 aromatic heterocycles.